The fourth-order valence-corrected chi connectivity index (χ4v) is 3.38. The summed E-state index contributed by atoms with van der Waals surface area (Å²) in [6, 6.07) is 36.5. The first-order valence-corrected chi connectivity index (χ1v) is 8.99. The molecule has 4 rings (SSSR count). The predicted molar refractivity (Wildman–Crippen MR) is 112 cm³/mol. The van der Waals surface area contributed by atoms with E-state index in [0.29, 0.717) is 11.1 Å². The molecule has 130 valence electrons. The molecular weight excluding hydrogens is 340 g/mol. The van der Waals surface area contributed by atoms with Gasteiger partial charge in [0.05, 0.1) is 11.1 Å². The minimum absolute atomic E-state index is 0.400. The van der Waals surface area contributed by atoms with Crippen LogP contribution in [0.15, 0.2) is 97.1 Å². The lowest BCUT2D eigenvalue weighted by atomic mass is 9.93. The number of benzene rings is 4. The van der Waals surface area contributed by atoms with Crippen LogP contribution >= 0.6 is 0 Å². The van der Waals surface area contributed by atoms with Crippen molar-refractivity contribution in [1.29, 1.82) is 10.5 Å². The Morgan fingerprint density at radius 1 is 0.464 bits per heavy atom. The highest BCUT2D eigenvalue weighted by molar-refractivity contribution is 5.79. The minimum Gasteiger partial charge on any atom is -0.192 e. The molecule has 0 aromatic heterocycles. The lowest BCUT2D eigenvalue weighted by molar-refractivity contribution is 1.43. The second-order valence-corrected chi connectivity index (χ2v) is 6.48. The molecule has 0 fully saturated rings. The molecule has 4 aromatic rings. The zero-order valence-electron chi connectivity index (χ0n) is 15.1. The number of nitrogens with zero attached hydrogens (tertiary/aromatic N) is 2. The van der Waals surface area contributed by atoms with E-state index >= 15 is 0 Å². The molecule has 0 atom stereocenters. The molecule has 0 radical (unpaired) electrons. The zero-order chi connectivity index (χ0) is 19.3. The van der Waals surface area contributed by atoms with E-state index in [9.17, 15) is 10.5 Å². The molecule has 0 aliphatic carbocycles. The van der Waals surface area contributed by atoms with Gasteiger partial charge in [0.25, 0.3) is 0 Å². The maximum Gasteiger partial charge on any atom is 0.101 e. The van der Waals surface area contributed by atoms with Crippen LogP contribution in [-0.2, 0) is 0 Å². The van der Waals surface area contributed by atoms with Crippen LogP contribution in [0.3, 0.4) is 0 Å². The maximum atomic E-state index is 9.54. The van der Waals surface area contributed by atoms with Gasteiger partial charge in [-0.3, -0.25) is 0 Å². The second kappa shape index (κ2) is 7.62. The van der Waals surface area contributed by atoms with Gasteiger partial charge in [-0.05, 0) is 46.0 Å². The molecule has 0 bridgehead atoms. The van der Waals surface area contributed by atoms with E-state index in [0.717, 1.165) is 27.8 Å². The van der Waals surface area contributed by atoms with E-state index in [1.807, 2.05) is 42.5 Å². The Bertz CT molecular complexity index is 1230. The van der Waals surface area contributed by atoms with Crippen molar-refractivity contribution in [2.24, 2.45) is 0 Å². The van der Waals surface area contributed by atoms with Gasteiger partial charge in [0.2, 0.25) is 0 Å². The summed E-state index contributed by atoms with van der Waals surface area (Å²) in [6.07, 6.45) is 0. The van der Waals surface area contributed by atoms with E-state index in [-0.39, 0.29) is 0 Å². The van der Waals surface area contributed by atoms with Gasteiger partial charge in [0.15, 0.2) is 0 Å². The number of hydrogen-bond acceptors (Lipinski definition) is 2. The van der Waals surface area contributed by atoms with Crippen molar-refractivity contribution in [1.82, 2.24) is 0 Å². The van der Waals surface area contributed by atoms with Gasteiger partial charge in [0.1, 0.15) is 12.1 Å². The Labute approximate surface area is 164 Å². The van der Waals surface area contributed by atoms with E-state index in [1.54, 1.807) is 6.07 Å². The van der Waals surface area contributed by atoms with Crippen LogP contribution in [0, 0.1) is 22.7 Å². The van der Waals surface area contributed by atoms with Gasteiger partial charge in [-0.2, -0.15) is 10.5 Å². The number of rotatable bonds is 3. The third kappa shape index (κ3) is 3.28. The summed E-state index contributed by atoms with van der Waals surface area (Å²) in [4.78, 5) is 0. The summed E-state index contributed by atoms with van der Waals surface area (Å²) in [5.74, 6) is 0. The predicted octanol–water partition coefficient (Wildman–Crippen LogP) is 6.43. The summed E-state index contributed by atoms with van der Waals surface area (Å²) in [5.41, 5.74) is 7.04. The van der Waals surface area contributed by atoms with Crippen molar-refractivity contribution >= 4 is 0 Å². The Kier molecular flexibility index (Phi) is 4.70. The van der Waals surface area contributed by atoms with E-state index < -0.39 is 0 Å². The molecule has 0 spiro atoms. The molecule has 0 amide bonds. The molecule has 28 heavy (non-hydrogen) atoms. The van der Waals surface area contributed by atoms with Crippen molar-refractivity contribution in [3.63, 3.8) is 0 Å². The monoisotopic (exact) mass is 356 g/mol. The van der Waals surface area contributed by atoms with Gasteiger partial charge >= 0.3 is 0 Å². The lowest BCUT2D eigenvalue weighted by Crippen LogP contribution is -1.90. The average molecular weight is 356 g/mol. The first-order valence-electron chi connectivity index (χ1n) is 8.99. The van der Waals surface area contributed by atoms with Gasteiger partial charge < -0.3 is 0 Å². The van der Waals surface area contributed by atoms with Crippen LogP contribution < -0.4 is 0 Å². The van der Waals surface area contributed by atoms with Crippen LogP contribution in [0.4, 0.5) is 0 Å². The van der Waals surface area contributed by atoms with Crippen molar-refractivity contribution in [2.45, 2.75) is 0 Å². The first kappa shape index (κ1) is 17.3. The first-order chi connectivity index (χ1) is 13.8. The highest BCUT2D eigenvalue weighted by atomic mass is 14.3. The Balaban J connectivity index is 1.80. The fourth-order valence-electron chi connectivity index (χ4n) is 3.38. The number of hydrogen-bond donors (Lipinski definition) is 0. The van der Waals surface area contributed by atoms with Crippen LogP contribution in [0.25, 0.3) is 33.4 Å². The molecule has 0 saturated carbocycles. The summed E-state index contributed by atoms with van der Waals surface area (Å²) in [5, 5.41) is 18.8. The maximum absolute atomic E-state index is 9.54. The lowest BCUT2D eigenvalue weighted by Gasteiger charge is -2.10. The standard InChI is InChI=1S/C26H16N2/c27-17-24-13-6-14-25(26(24)18-28)23-12-5-11-22(16-23)21-10-4-9-20(15-21)19-7-2-1-3-8-19/h1-16H. The average Bonchev–Trinajstić information content (AvgIpc) is 2.79. The van der Waals surface area contributed by atoms with Crippen LogP contribution in [0.2, 0.25) is 0 Å². The van der Waals surface area contributed by atoms with Crippen molar-refractivity contribution < 1.29 is 0 Å². The molecule has 0 saturated heterocycles. The van der Waals surface area contributed by atoms with Crippen molar-refractivity contribution in [3.05, 3.63) is 108 Å². The van der Waals surface area contributed by atoms with Gasteiger partial charge in [0, 0.05) is 5.56 Å². The van der Waals surface area contributed by atoms with Crippen LogP contribution in [0.5, 0.6) is 0 Å². The molecule has 0 aliphatic rings. The molecule has 2 nitrogen and oxygen atoms in total. The smallest absolute Gasteiger partial charge is 0.101 e. The van der Waals surface area contributed by atoms with Crippen LogP contribution in [-0.4, -0.2) is 0 Å². The largest absolute Gasteiger partial charge is 0.192 e. The van der Waals surface area contributed by atoms with Crippen LogP contribution in [0.1, 0.15) is 11.1 Å². The summed E-state index contributed by atoms with van der Waals surface area (Å²) < 4.78 is 0. The molecular formula is C26H16N2. The second-order valence-electron chi connectivity index (χ2n) is 6.48. The highest BCUT2D eigenvalue weighted by Gasteiger charge is 2.10. The molecule has 4 aromatic carbocycles. The van der Waals surface area contributed by atoms with Crippen molar-refractivity contribution in [3.8, 4) is 45.5 Å². The summed E-state index contributed by atoms with van der Waals surface area (Å²) in [6.45, 7) is 0. The third-order valence-electron chi connectivity index (χ3n) is 4.77. The Morgan fingerprint density at radius 2 is 1.00 bits per heavy atom. The summed E-state index contributed by atoms with van der Waals surface area (Å²) in [7, 11) is 0. The minimum atomic E-state index is 0.400. The Hall–Kier alpha value is -4.14. The molecule has 0 unspecified atom stereocenters. The van der Waals surface area contributed by atoms with E-state index in [2.05, 4.69) is 60.7 Å². The summed E-state index contributed by atoms with van der Waals surface area (Å²) >= 11 is 0. The third-order valence-corrected chi connectivity index (χ3v) is 4.77. The zero-order valence-corrected chi connectivity index (χ0v) is 15.1. The normalized spacial score (nSPS) is 10.1. The molecule has 0 aliphatic heterocycles. The van der Waals surface area contributed by atoms with Gasteiger partial charge in [-0.1, -0.05) is 78.9 Å². The highest BCUT2D eigenvalue weighted by Crippen LogP contribution is 2.31. The quantitative estimate of drug-likeness (QED) is 0.424. The number of nitriles is 2. The molecule has 0 heterocycles. The molecule has 2 heteroatoms. The van der Waals surface area contributed by atoms with Crippen molar-refractivity contribution in [2.75, 3.05) is 0 Å². The van der Waals surface area contributed by atoms with E-state index in [1.165, 1.54) is 5.56 Å². The van der Waals surface area contributed by atoms with Gasteiger partial charge in [-0.25, -0.2) is 0 Å². The fraction of sp³-hybridized carbons (Fsp3) is 0. The SMILES string of the molecule is N#Cc1cccc(-c2cccc(-c3cccc(-c4ccccc4)c3)c2)c1C#N. The van der Waals surface area contributed by atoms with Gasteiger partial charge in [-0.15, -0.1) is 0 Å². The van der Waals surface area contributed by atoms with E-state index in [4.69, 9.17) is 0 Å². The topological polar surface area (TPSA) is 47.6 Å². The Morgan fingerprint density at radius 3 is 1.64 bits per heavy atom. The molecule has 0 N–H and O–H groups in total.